The number of benzene rings is 1. The van der Waals surface area contributed by atoms with Gasteiger partial charge >= 0.3 is 5.97 Å². The van der Waals surface area contributed by atoms with Gasteiger partial charge in [0.2, 0.25) is 0 Å². The van der Waals surface area contributed by atoms with Gasteiger partial charge in [0.1, 0.15) is 11.1 Å². The number of rotatable bonds is 5. The number of carbonyl (C=O) groups excluding carboxylic acids is 2. The largest absolute Gasteiger partial charge is 0.449 e. The van der Waals surface area contributed by atoms with Crippen molar-refractivity contribution in [2.45, 2.75) is 64.1 Å². The molecule has 1 atom stereocenters. The molecule has 8 nitrogen and oxygen atoms in total. The standard InChI is InChI=1S/C20H25N5O3/c1-4-25-17-9-8-15(12-16(17)22-23-25)19(27)28-14(2)18(26)24(3)20(13-21)10-6-5-7-11-20/h8-9,12,14H,4-7,10-11H2,1-3H3/t14-/m1/s1. The van der Waals surface area contributed by atoms with Gasteiger partial charge in [0.05, 0.1) is 17.1 Å². The molecule has 2 aromatic rings. The van der Waals surface area contributed by atoms with Crippen LogP contribution in [0.5, 0.6) is 0 Å². The maximum atomic E-state index is 12.8. The maximum absolute atomic E-state index is 12.8. The average molecular weight is 383 g/mol. The van der Waals surface area contributed by atoms with Gasteiger partial charge in [-0.2, -0.15) is 5.26 Å². The Bertz CT molecular complexity index is 924. The van der Waals surface area contributed by atoms with Gasteiger partial charge in [-0.3, -0.25) is 4.79 Å². The van der Waals surface area contributed by atoms with Crippen LogP contribution >= 0.6 is 0 Å². The minimum absolute atomic E-state index is 0.311. The maximum Gasteiger partial charge on any atom is 0.338 e. The van der Waals surface area contributed by atoms with Crippen molar-refractivity contribution in [1.29, 1.82) is 5.26 Å². The Hall–Kier alpha value is -2.95. The highest BCUT2D eigenvalue weighted by Crippen LogP contribution is 2.33. The van der Waals surface area contributed by atoms with Crippen LogP contribution in [0, 0.1) is 11.3 Å². The molecule has 0 aliphatic heterocycles. The molecular formula is C20H25N5O3. The van der Waals surface area contributed by atoms with E-state index in [1.165, 1.54) is 11.8 Å². The van der Waals surface area contributed by atoms with E-state index in [9.17, 15) is 14.9 Å². The Labute approximate surface area is 164 Å². The van der Waals surface area contributed by atoms with Gasteiger partial charge in [0.25, 0.3) is 5.91 Å². The first-order valence-electron chi connectivity index (χ1n) is 9.65. The number of nitrogens with zero attached hydrogens (tertiary/aromatic N) is 5. The van der Waals surface area contributed by atoms with Gasteiger partial charge in [0.15, 0.2) is 6.10 Å². The van der Waals surface area contributed by atoms with Crippen molar-refractivity contribution in [3.8, 4) is 6.07 Å². The van der Waals surface area contributed by atoms with E-state index in [1.54, 1.807) is 29.9 Å². The first kappa shape index (κ1) is 19.8. The summed E-state index contributed by atoms with van der Waals surface area (Å²) in [6, 6.07) is 7.32. The number of aryl methyl sites for hydroxylation is 1. The number of amides is 1. The van der Waals surface area contributed by atoms with Crippen LogP contribution in [0.3, 0.4) is 0 Å². The number of ether oxygens (including phenoxy) is 1. The topological polar surface area (TPSA) is 101 Å². The van der Waals surface area contributed by atoms with E-state index in [1.807, 2.05) is 6.92 Å². The lowest BCUT2D eigenvalue weighted by Crippen LogP contribution is -2.53. The first-order valence-corrected chi connectivity index (χ1v) is 9.65. The second-order valence-corrected chi connectivity index (χ2v) is 7.26. The zero-order chi connectivity index (χ0) is 20.3. The lowest BCUT2D eigenvalue weighted by molar-refractivity contribution is -0.143. The Kier molecular flexibility index (Phi) is 5.63. The molecule has 1 heterocycles. The normalized spacial score (nSPS) is 16.9. The number of hydrogen-bond acceptors (Lipinski definition) is 6. The zero-order valence-corrected chi connectivity index (χ0v) is 16.5. The second-order valence-electron chi connectivity index (χ2n) is 7.26. The summed E-state index contributed by atoms with van der Waals surface area (Å²) in [6.45, 7) is 4.18. The third-order valence-corrected chi connectivity index (χ3v) is 5.54. The molecule has 1 aromatic carbocycles. The number of aromatic nitrogens is 3. The Morgan fingerprint density at radius 1 is 1.36 bits per heavy atom. The Morgan fingerprint density at radius 2 is 2.07 bits per heavy atom. The summed E-state index contributed by atoms with van der Waals surface area (Å²) in [6.07, 6.45) is 3.22. The fourth-order valence-corrected chi connectivity index (χ4v) is 3.75. The van der Waals surface area contributed by atoms with E-state index >= 15 is 0 Å². The molecule has 28 heavy (non-hydrogen) atoms. The highest BCUT2D eigenvalue weighted by Gasteiger charge is 2.40. The molecule has 148 valence electrons. The predicted octanol–water partition coefficient (Wildman–Crippen LogP) is 2.68. The van der Waals surface area contributed by atoms with Crippen molar-refractivity contribution < 1.29 is 14.3 Å². The first-order chi connectivity index (χ1) is 13.4. The molecule has 1 aromatic heterocycles. The van der Waals surface area contributed by atoms with E-state index in [2.05, 4.69) is 16.4 Å². The van der Waals surface area contributed by atoms with E-state index in [0.717, 1.165) is 24.8 Å². The van der Waals surface area contributed by atoms with E-state index in [-0.39, 0.29) is 5.91 Å². The van der Waals surface area contributed by atoms with Gasteiger partial charge in [-0.1, -0.05) is 24.5 Å². The second kappa shape index (κ2) is 7.97. The summed E-state index contributed by atoms with van der Waals surface area (Å²) in [5.74, 6) is -0.966. The average Bonchev–Trinajstić information content (AvgIpc) is 3.15. The van der Waals surface area contributed by atoms with Gasteiger partial charge in [-0.15, -0.1) is 5.10 Å². The molecule has 1 aliphatic rings. The highest BCUT2D eigenvalue weighted by atomic mass is 16.5. The monoisotopic (exact) mass is 383 g/mol. The molecule has 0 spiro atoms. The number of nitriles is 1. The number of fused-ring (bicyclic) bond motifs is 1. The molecule has 1 saturated carbocycles. The van der Waals surface area contributed by atoms with E-state index in [4.69, 9.17) is 4.74 Å². The Balaban J connectivity index is 1.71. The quantitative estimate of drug-likeness (QED) is 0.736. The molecule has 1 fully saturated rings. The summed E-state index contributed by atoms with van der Waals surface area (Å²) in [5, 5.41) is 17.7. The molecule has 1 amide bonds. The molecule has 0 bridgehead atoms. The van der Waals surface area contributed by atoms with Gasteiger partial charge in [0, 0.05) is 13.6 Å². The van der Waals surface area contributed by atoms with Gasteiger partial charge < -0.3 is 9.64 Å². The van der Waals surface area contributed by atoms with Crippen molar-refractivity contribution >= 4 is 22.9 Å². The minimum atomic E-state index is -0.980. The summed E-state index contributed by atoms with van der Waals surface area (Å²) in [4.78, 5) is 26.8. The van der Waals surface area contributed by atoms with Crippen LogP contribution < -0.4 is 0 Å². The van der Waals surface area contributed by atoms with Crippen LogP contribution in [0.25, 0.3) is 11.0 Å². The molecule has 0 radical (unpaired) electrons. The van der Waals surface area contributed by atoms with Gasteiger partial charge in [-0.05, 0) is 44.9 Å². The predicted molar refractivity (Wildman–Crippen MR) is 102 cm³/mol. The van der Waals surface area contributed by atoms with Gasteiger partial charge in [-0.25, -0.2) is 9.48 Å². The summed E-state index contributed by atoms with van der Waals surface area (Å²) >= 11 is 0. The number of hydrogen-bond donors (Lipinski definition) is 0. The van der Waals surface area contributed by atoms with Crippen molar-refractivity contribution in [3.63, 3.8) is 0 Å². The number of carbonyl (C=O) groups is 2. The highest BCUT2D eigenvalue weighted by molar-refractivity contribution is 5.95. The molecule has 3 rings (SSSR count). The summed E-state index contributed by atoms with van der Waals surface area (Å²) in [5.41, 5.74) is 0.924. The fourth-order valence-electron chi connectivity index (χ4n) is 3.75. The third-order valence-electron chi connectivity index (χ3n) is 5.54. The van der Waals surface area contributed by atoms with E-state index in [0.29, 0.717) is 30.5 Å². The molecule has 1 aliphatic carbocycles. The van der Waals surface area contributed by atoms with Crippen LogP contribution in [0.15, 0.2) is 18.2 Å². The minimum Gasteiger partial charge on any atom is -0.449 e. The summed E-state index contributed by atoms with van der Waals surface area (Å²) < 4.78 is 7.12. The number of likely N-dealkylation sites (N-methyl/N-ethyl adjacent to an activating group) is 1. The molecule has 0 N–H and O–H groups in total. The van der Waals surface area contributed by atoms with Crippen molar-refractivity contribution in [2.75, 3.05) is 7.05 Å². The van der Waals surface area contributed by atoms with Crippen molar-refractivity contribution in [2.24, 2.45) is 0 Å². The molecular weight excluding hydrogens is 358 g/mol. The van der Waals surface area contributed by atoms with Crippen LogP contribution in [0.4, 0.5) is 0 Å². The molecule has 0 unspecified atom stereocenters. The fraction of sp³-hybridized carbons (Fsp3) is 0.550. The Morgan fingerprint density at radius 3 is 2.71 bits per heavy atom. The molecule has 8 heteroatoms. The van der Waals surface area contributed by atoms with Crippen LogP contribution in [-0.2, 0) is 16.1 Å². The lowest BCUT2D eigenvalue weighted by atomic mass is 9.81. The van der Waals surface area contributed by atoms with Crippen molar-refractivity contribution in [1.82, 2.24) is 19.9 Å². The van der Waals surface area contributed by atoms with Crippen LogP contribution in [0.1, 0.15) is 56.3 Å². The van der Waals surface area contributed by atoms with Crippen molar-refractivity contribution in [3.05, 3.63) is 23.8 Å². The van der Waals surface area contributed by atoms with E-state index < -0.39 is 17.6 Å². The number of esters is 1. The summed E-state index contributed by atoms with van der Waals surface area (Å²) in [7, 11) is 1.62. The smallest absolute Gasteiger partial charge is 0.338 e. The van der Waals surface area contributed by atoms with Crippen LogP contribution in [-0.4, -0.2) is 50.5 Å². The van der Waals surface area contributed by atoms with Crippen LogP contribution in [0.2, 0.25) is 0 Å². The third kappa shape index (κ3) is 3.57. The zero-order valence-electron chi connectivity index (χ0n) is 16.5. The SMILES string of the molecule is CCn1nnc2cc(C(=O)O[C@H](C)C(=O)N(C)C3(C#N)CCCCC3)ccc21. The molecule has 0 saturated heterocycles. The lowest BCUT2D eigenvalue weighted by Gasteiger charge is -2.39.